The van der Waals surface area contributed by atoms with Crippen molar-refractivity contribution in [3.8, 4) is 11.3 Å². The highest BCUT2D eigenvalue weighted by Gasteiger charge is 2.30. The fourth-order valence-corrected chi connectivity index (χ4v) is 1.76. The Hall–Kier alpha value is -2.57. The molecule has 7 heteroatoms. The second-order valence-corrected chi connectivity index (χ2v) is 4.06. The SMILES string of the molecule is NC(=O)c1ccnc(-c2cccc(C(F)(F)F)c2)c1N. The predicted octanol–water partition coefficient (Wildman–Crippen LogP) is 2.45. The quantitative estimate of drug-likeness (QED) is 0.887. The Morgan fingerprint density at radius 3 is 2.50 bits per heavy atom. The van der Waals surface area contributed by atoms with Crippen molar-refractivity contribution >= 4 is 11.6 Å². The number of carbonyl (C=O) groups excluding carboxylic acids is 1. The molecule has 0 bridgehead atoms. The smallest absolute Gasteiger partial charge is 0.396 e. The van der Waals surface area contributed by atoms with E-state index in [0.29, 0.717) is 0 Å². The summed E-state index contributed by atoms with van der Waals surface area (Å²) >= 11 is 0. The molecule has 1 aromatic heterocycles. The van der Waals surface area contributed by atoms with Gasteiger partial charge in [0.1, 0.15) is 0 Å². The maximum absolute atomic E-state index is 12.7. The summed E-state index contributed by atoms with van der Waals surface area (Å²) in [7, 11) is 0. The second-order valence-electron chi connectivity index (χ2n) is 4.06. The van der Waals surface area contributed by atoms with Crippen LogP contribution in [0.3, 0.4) is 0 Å². The number of anilines is 1. The Bertz CT molecular complexity index is 668. The number of halogens is 3. The molecule has 0 saturated heterocycles. The van der Waals surface area contributed by atoms with Crippen LogP contribution in [0.5, 0.6) is 0 Å². The van der Waals surface area contributed by atoms with Gasteiger partial charge < -0.3 is 11.5 Å². The van der Waals surface area contributed by atoms with Gasteiger partial charge in [0.15, 0.2) is 0 Å². The van der Waals surface area contributed by atoms with Crippen LogP contribution >= 0.6 is 0 Å². The Morgan fingerprint density at radius 2 is 1.90 bits per heavy atom. The van der Waals surface area contributed by atoms with E-state index in [0.717, 1.165) is 12.1 Å². The molecule has 0 aliphatic heterocycles. The lowest BCUT2D eigenvalue weighted by Crippen LogP contribution is -2.14. The molecule has 0 fully saturated rings. The van der Waals surface area contributed by atoms with E-state index in [1.807, 2.05) is 0 Å². The molecule has 20 heavy (non-hydrogen) atoms. The zero-order valence-corrected chi connectivity index (χ0v) is 10.1. The molecule has 0 atom stereocenters. The van der Waals surface area contributed by atoms with Gasteiger partial charge in [-0.25, -0.2) is 0 Å². The summed E-state index contributed by atoms with van der Waals surface area (Å²) in [6.45, 7) is 0. The van der Waals surface area contributed by atoms with Gasteiger partial charge in [0.25, 0.3) is 5.91 Å². The molecule has 4 nitrogen and oxygen atoms in total. The summed E-state index contributed by atoms with van der Waals surface area (Å²) < 4.78 is 38.0. The lowest BCUT2D eigenvalue weighted by molar-refractivity contribution is -0.137. The number of primary amides is 1. The van der Waals surface area contributed by atoms with Gasteiger partial charge in [-0.3, -0.25) is 9.78 Å². The second kappa shape index (κ2) is 4.84. The van der Waals surface area contributed by atoms with Crippen LogP contribution in [0.1, 0.15) is 15.9 Å². The predicted molar refractivity (Wildman–Crippen MR) is 67.6 cm³/mol. The Labute approximate surface area is 112 Å². The monoisotopic (exact) mass is 281 g/mol. The molecule has 1 aromatic carbocycles. The van der Waals surface area contributed by atoms with Crippen LogP contribution in [0, 0.1) is 0 Å². The number of carbonyl (C=O) groups is 1. The Morgan fingerprint density at radius 1 is 1.20 bits per heavy atom. The fraction of sp³-hybridized carbons (Fsp3) is 0.0769. The van der Waals surface area contributed by atoms with Gasteiger partial charge in [0, 0.05) is 11.8 Å². The summed E-state index contributed by atoms with van der Waals surface area (Å²) in [6.07, 6.45) is -3.20. The van der Waals surface area contributed by atoms with Crippen LogP contribution in [0.4, 0.5) is 18.9 Å². The van der Waals surface area contributed by atoms with Crippen molar-refractivity contribution in [3.63, 3.8) is 0 Å². The van der Waals surface area contributed by atoms with Crippen LogP contribution in [0.15, 0.2) is 36.5 Å². The average Bonchev–Trinajstić information content (AvgIpc) is 2.38. The first-order valence-electron chi connectivity index (χ1n) is 5.52. The van der Waals surface area contributed by atoms with E-state index in [2.05, 4.69) is 4.98 Å². The average molecular weight is 281 g/mol. The molecular formula is C13H10F3N3O. The van der Waals surface area contributed by atoms with Crippen molar-refractivity contribution < 1.29 is 18.0 Å². The molecule has 104 valence electrons. The van der Waals surface area contributed by atoms with E-state index in [-0.39, 0.29) is 22.5 Å². The number of pyridine rings is 1. The van der Waals surface area contributed by atoms with E-state index in [9.17, 15) is 18.0 Å². The topological polar surface area (TPSA) is 82.0 Å². The zero-order valence-electron chi connectivity index (χ0n) is 10.1. The number of nitrogens with zero attached hydrogens (tertiary/aromatic N) is 1. The van der Waals surface area contributed by atoms with Gasteiger partial charge >= 0.3 is 6.18 Å². The van der Waals surface area contributed by atoms with E-state index in [4.69, 9.17) is 11.5 Å². The van der Waals surface area contributed by atoms with Gasteiger partial charge in [-0.1, -0.05) is 12.1 Å². The highest BCUT2D eigenvalue weighted by molar-refractivity contribution is 6.00. The number of alkyl halides is 3. The van der Waals surface area contributed by atoms with Gasteiger partial charge in [0.2, 0.25) is 0 Å². The first-order chi connectivity index (χ1) is 9.30. The largest absolute Gasteiger partial charge is 0.416 e. The molecule has 0 aliphatic rings. The van der Waals surface area contributed by atoms with Crippen LogP contribution < -0.4 is 11.5 Å². The minimum Gasteiger partial charge on any atom is -0.396 e. The lowest BCUT2D eigenvalue weighted by atomic mass is 10.0. The van der Waals surface area contributed by atoms with E-state index >= 15 is 0 Å². The fourth-order valence-electron chi connectivity index (χ4n) is 1.76. The van der Waals surface area contributed by atoms with Crippen molar-refractivity contribution in [1.82, 2.24) is 4.98 Å². The van der Waals surface area contributed by atoms with Gasteiger partial charge in [-0.15, -0.1) is 0 Å². The molecule has 0 radical (unpaired) electrons. The van der Waals surface area contributed by atoms with Crippen LogP contribution in [0.2, 0.25) is 0 Å². The zero-order chi connectivity index (χ0) is 14.9. The van der Waals surface area contributed by atoms with Gasteiger partial charge in [0.05, 0.1) is 22.5 Å². The summed E-state index contributed by atoms with van der Waals surface area (Å²) in [4.78, 5) is 15.1. The van der Waals surface area contributed by atoms with Gasteiger partial charge in [-0.05, 0) is 18.2 Å². The maximum atomic E-state index is 12.7. The molecule has 2 rings (SSSR count). The number of aromatic nitrogens is 1. The number of rotatable bonds is 2. The molecular weight excluding hydrogens is 271 g/mol. The third kappa shape index (κ3) is 2.56. The van der Waals surface area contributed by atoms with E-state index in [1.165, 1.54) is 24.4 Å². The summed E-state index contributed by atoms with van der Waals surface area (Å²) in [5, 5.41) is 0. The molecule has 0 saturated carbocycles. The minimum atomic E-state index is -4.47. The van der Waals surface area contributed by atoms with Crippen LogP contribution in [0.25, 0.3) is 11.3 Å². The summed E-state index contributed by atoms with van der Waals surface area (Å²) in [6, 6.07) is 5.85. The van der Waals surface area contributed by atoms with Crippen molar-refractivity contribution in [3.05, 3.63) is 47.7 Å². The molecule has 4 N–H and O–H groups in total. The standard InChI is InChI=1S/C13H10F3N3O/c14-13(15,16)8-3-1-2-7(6-8)11-10(17)9(12(18)20)4-5-19-11/h1-6H,17H2,(H2,18,20). The lowest BCUT2D eigenvalue weighted by Gasteiger charge is -2.11. The van der Waals surface area contributed by atoms with Crippen LogP contribution in [-0.2, 0) is 6.18 Å². The molecule has 0 spiro atoms. The Kier molecular flexibility index (Phi) is 3.35. The first-order valence-corrected chi connectivity index (χ1v) is 5.52. The number of benzene rings is 1. The highest BCUT2D eigenvalue weighted by atomic mass is 19.4. The summed E-state index contributed by atoms with van der Waals surface area (Å²) in [5.74, 6) is -0.766. The third-order valence-electron chi connectivity index (χ3n) is 2.72. The third-order valence-corrected chi connectivity index (χ3v) is 2.72. The minimum absolute atomic E-state index is 0.0208. The molecule has 2 aromatic rings. The maximum Gasteiger partial charge on any atom is 0.416 e. The molecule has 1 heterocycles. The summed E-state index contributed by atoms with van der Waals surface area (Å²) in [5.41, 5.74) is 10.3. The molecule has 0 aliphatic carbocycles. The molecule has 1 amide bonds. The van der Waals surface area contributed by atoms with Crippen molar-refractivity contribution in [2.24, 2.45) is 5.73 Å². The number of nitrogens with two attached hydrogens (primary N) is 2. The van der Waals surface area contributed by atoms with E-state index in [1.54, 1.807) is 0 Å². The van der Waals surface area contributed by atoms with E-state index < -0.39 is 17.6 Å². The normalized spacial score (nSPS) is 11.3. The van der Waals surface area contributed by atoms with Crippen molar-refractivity contribution in [2.75, 3.05) is 5.73 Å². The number of hydrogen-bond acceptors (Lipinski definition) is 3. The number of amides is 1. The number of hydrogen-bond donors (Lipinski definition) is 2. The first kappa shape index (κ1) is 13.9. The number of nitrogen functional groups attached to an aromatic ring is 1. The highest BCUT2D eigenvalue weighted by Crippen LogP contribution is 2.33. The van der Waals surface area contributed by atoms with Crippen LogP contribution in [-0.4, -0.2) is 10.9 Å². The Balaban J connectivity index is 2.58. The van der Waals surface area contributed by atoms with Crippen molar-refractivity contribution in [1.29, 1.82) is 0 Å². The van der Waals surface area contributed by atoms with Gasteiger partial charge in [-0.2, -0.15) is 13.2 Å². The van der Waals surface area contributed by atoms with Crippen molar-refractivity contribution in [2.45, 2.75) is 6.18 Å². The molecule has 0 unspecified atom stereocenters.